The Kier molecular flexibility index (Phi) is 5.00. The Hall–Kier alpha value is -1.03. The lowest BCUT2D eigenvalue weighted by atomic mass is 10.3. The van der Waals surface area contributed by atoms with Gasteiger partial charge in [-0.25, -0.2) is 0 Å². The van der Waals surface area contributed by atoms with Crippen molar-refractivity contribution in [2.45, 2.75) is 13.8 Å². The second-order valence-electron chi connectivity index (χ2n) is 3.26. The van der Waals surface area contributed by atoms with Crippen molar-refractivity contribution in [3.05, 3.63) is 18.2 Å². The summed E-state index contributed by atoms with van der Waals surface area (Å²) in [6.07, 6.45) is 0. The largest absolute Gasteiger partial charge is 0.497 e. The van der Waals surface area contributed by atoms with Gasteiger partial charge in [-0.3, -0.25) is 4.57 Å². The van der Waals surface area contributed by atoms with Gasteiger partial charge in [0.15, 0.2) is 0 Å². The zero-order valence-corrected chi connectivity index (χ0v) is 11.2. The lowest BCUT2D eigenvalue weighted by Gasteiger charge is -2.19. The van der Waals surface area contributed by atoms with Crippen molar-refractivity contribution < 1.29 is 18.3 Å². The van der Waals surface area contributed by atoms with Crippen LogP contribution in [0.1, 0.15) is 13.8 Å². The maximum atomic E-state index is 12.5. The minimum absolute atomic E-state index is 0.286. The summed E-state index contributed by atoms with van der Waals surface area (Å²) in [6.45, 7) is 4.08. The van der Waals surface area contributed by atoms with Gasteiger partial charge in [-0.1, -0.05) is 0 Å². The molecule has 2 N–H and O–H groups in total. The third-order valence-corrected chi connectivity index (χ3v) is 4.30. The van der Waals surface area contributed by atoms with E-state index < -0.39 is 7.60 Å². The van der Waals surface area contributed by atoms with Gasteiger partial charge in [0, 0.05) is 5.69 Å². The number of hydrogen-bond donors (Lipinski definition) is 1. The van der Waals surface area contributed by atoms with Crippen LogP contribution in [0.2, 0.25) is 0 Å². The van der Waals surface area contributed by atoms with E-state index in [-0.39, 0.29) is 13.2 Å². The van der Waals surface area contributed by atoms with Gasteiger partial charge in [0.25, 0.3) is 0 Å². The second kappa shape index (κ2) is 6.05. The zero-order chi connectivity index (χ0) is 12.9. The van der Waals surface area contributed by atoms with Gasteiger partial charge in [-0.15, -0.1) is 0 Å². The van der Waals surface area contributed by atoms with Gasteiger partial charge in [0.1, 0.15) is 5.75 Å². The molecule has 0 radical (unpaired) electrons. The van der Waals surface area contributed by atoms with E-state index in [9.17, 15) is 4.57 Å². The summed E-state index contributed by atoms with van der Waals surface area (Å²) in [5.74, 6) is 0.564. The van der Waals surface area contributed by atoms with E-state index in [0.717, 1.165) is 0 Å². The smallest absolute Gasteiger partial charge is 0.363 e. The topological polar surface area (TPSA) is 70.8 Å². The van der Waals surface area contributed by atoms with Crippen LogP contribution in [-0.2, 0) is 13.6 Å². The highest BCUT2D eigenvalue weighted by molar-refractivity contribution is 7.62. The normalized spacial score (nSPS) is 11.5. The molecule has 1 aromatic rings. The fourth-order valence-corrected chi connectivity index (χ4v) is 3.11. The Balaban J connectivity index is 3.21. The average Bonchev–Trinajstić information content (AvgIpc) is 2.30. The number of anilines is 1. The van der Waals surface area contributed by atoms with Crippen molar-refractivity contribution in [3.63, 3.8) is 0 Å². The molecule has 1 rings (SSSR count). The number of ether oxygens (including phenoxy) is 1. The first-order chi connectivity index (χ1) is 8.07. The first-order valence-electron chi connectivity index (χ1n) is 5.40. The number of nitrogen functional groups attached to an aromatic ring is 1. The molecule has 96 valence electrons. The van der Waals surface area contributed by atoms with E-state index in [1.54, 1.807) is 32.0 Å². The second-order valence-corrected chi connectivity index (χ2v) is 5.25. The monoisotopic (exact) mass is 259 g/mol. The van der Waals surface area contributed by atoms with Crippen LogP contribution >= 0.6 is 7.60 Å². The number of benzene rings is 1. The Labute approximate surface area is 101 Å². The molecule has 0 aliphatic carbocycles. The summed E-state index contributed by atoms with van der Waals surface area (Å²) in [6, 6.07) is 4.90. The molecule has 0 atom stereocenters. The summed E-state index contributed by atoms with van der Waals surface area (Å²) < 4.78 is 28.1. The summed E-state index contributed by atoms with van der Waals surface area (Å²) in [5, 5.41) is 0.348. The van der Waals surface area contributed by atoms with Gasteiger partial charge in [0.2, 0.25) is 0 Å². The van der Waals surface area contributed by atoms with Crippen LogP contribution in [-0.4, -0.2) is 20.3 Å². The summed E-state index contributed by atoms with van der Waals surface area (Å²) >= 11 is 0. The molecular formula is C11H18NO4P. The quantitative estimate of drug-likeness (QED) is 0.626. The molecule has 0 saturated carbocycles. The molecule has 0 spiro atoms. The van der Waals surface area contributed by atoms with Crippen molar-refractivity contribution in [3.8, 4) is 5.75 Å². The van der Waals surface area contributed by atoms with Gasteiger partial charge in [-0.2, -0.15) is 0 Å². The summed E-state index contributed by atoms with van der Waals surface area (Å²) in [5.41, 5.74) is 6.17. The van der Waals surface area contributed by atoms with Crippen LogP contribution in [0.5, 0.6) is 5.75 Å². The van der Waals surface area contributed by atoms with Gasteiger partial charge >= 0.3 is 7.60 Å². The number of hydrogen-bond acceptors (Lipinski definition) is 5. The van der Waals surface area contributed by atoms with Crippen LogP contribution < -0.4 is 15.8 Å². The predicted molar refractivity (Wildman–Crippen MR) is 67.9 cm³/mol. The van der Waals surface area contributed by atoms with Crippen molar-refractivity contribution in [1.29, 1.82) is 0 Å². The maximum absolute atomic E-state index is 12.5. The van der Waals surface area contributed by atoms with Crippen LogP contribution in [0.15, 0.2) is 18.2 Å². The summed E-state index contributed by atoms with van der Waals surface area (Å²) in [7, 11) is -1.83. The first-order valence-corrected chi connectivity index (χ1v) is 6.94. The minimum Gasteiger partial charge on any atom is -0.497 e. The minimum atomic E-state index is -3.35. The SMILES string of the molecule is CCOP(=O)(OCC)c1cc(OC)ccc1N. The first kappa shape index (κ1) is 14.0. The molecule has 0 saturated heterocycles. The van der Waals surface area contributed by atoms with Crippen molar-refractivity contribution >= 4 is 18.6 Å². The number of nitrogens with two attached hydrogens (primary N) is 1. The van der Waals surface area contributed by atoms with E-state index in [1.165, 1.54) is 7.11 Å². The molecule has 0 unspecified atom stereocenters. The van der Waals surface area contributed by atoms with Gasteiger partial charge in [0.05, 0.1) is 25.6 Å². The third-order valence-electron chi connectivity index (χ3n) is 2.13. The molecule has 0 aromatic heterocycles. The molecule has 1 aromatic carbocycles. The molecule has 5 nitrogen and oxygen atoms in total. The molecule has 0 aliphatic heterocycles. The van der Waals surface area contributed by atoms with E-state index in [4.69, 9.17) is 19.5 Å². The highest BCUT2D eigenvalue weighted by Crippen LogP contribution is 2.48. The molecule has 0 amide bonds. The average molecular weight is 259 g/mol. The maximum Gasteiger partial charge on any atom is 0.363 e. The number of rotatable bonds is 6. The Morgan fingerprint density at radius 1 is 1.24 bits per heavy atom. The van der Waals surface area contributed by atoms with Gasteiger partial charge in [-0.05, 0) is 32.0 Å². The Morgan fingerprint density at radius 2 is 1.82 bits per heavy atom. The fourth-order valence-electron chi connectivity index (χ4n) is 1.40. The van der Waals surface area contributed by atoms with Crippen LogP contribution in [0.25, 0.3) is 0 Å². The van der Waals surface area contributed by atoms with E-state index in [2.05, 4.69) is 0 Å². The fraction of sp³-hybridized carbons (Fsp3) is 0.455. The van der Waals surface area contributed by atoms with Crippen molar-refractivity contribution in [1.82, 2.24) is 0 Å². The predicted octanol–water partition coefficient (Wildman–Crippen LogP) is 2.17. The van der Waals surface area contributed by atoms with E-state index in [1.807, 2.05) is 0 Å². The zero-order valence-electron chi connectivity index (χ0n) is 10.3. The van der Waals surface area contributed by atoms with E-state index in [0.29, 0.717) is 16.7 Å². The van der Waals surface area contributed by atoms with Crippen LogP contribution in [0.3, 0.4) is 0 Å². The molecule has 0 fully saturated rings. The summed E-state index contributed by atoms with van der Waals surface area (Å²) in [4.78, 5) is 0. The van der Waals surface area contributed by atoms with Crippen LogP contribution in [0, 0.1) is 0 Å². The molecular weight excluding hydrogens is 241 g/mol. The highest BCUT2D eigenvalue weighted by Gasteiger charge is 2.29. The van der Waals surface area contributed by atoms with E-state index >= 15 is 0 Å². The third kappa shape index (κ3) is 3.22. The lowest BCUT2D eigenvalue weighted by Crippen LogP contribution is -2.15. The van der Waals surface area contributed by atoms with Gasteiger partial charge < -0.3 is 19.5 Å². The molecule has 0 aliphatic rings. The Bertz CT molecular complexity index is 412. The molecule has 6 heteroatoms. The van der Waals surface area contributed by atoms with Crippen LogP contribution in [0.4, 0.5) is 5.69 Å². The highest BCUT2D eigenvalue weighted by atomic mass is 31.2. The number of methoxy groups -OCH3 is 1. The molecule has 0 heterocycles. The molecule has 17 heavy (non-hydrogen) atoms. The Morgan fingerprint density at radius 3 is 2.29 bits per heavy atom. The van der Waals surface area contributed by atoms with Crippen molar-refractivity contribution in [2.24, 2.45) is 0 Å². The van der Waals surface area contributed by atoms with Crippen molar-refractivity contribution in [2.75, 3.05) is 26.1 Å². The lowest BCUT2D eigenvalue weighted by molar-refractivity contribution is 0.230. The molecule has 0 bridgehead atoms. The standard InChI is InChI=1S/C11H18NO4P/c1-4-15-17(13,16-5-2)11-8-9(14-3)6-7-10(11)12/h6-8H,4-5,12H2,1-3H3.